The Labute approximate surface area is 82.3 Å². The summed E-state index contributed by atoms with van der Waals surface area (Å²) < 4.78 is 5.42. The summed E-state index contributed by atoms with van der Waals surface area (Å²) in [5.74, 6) is 0.480. The molecule has 0 atom stereocenters. The van der Waals surface area contributed by atoms with Crippen LogP contribution < -0.4 is 0 Å². The van der Waals surface area contributed by atoms with Crippen molar-refractivity contribution in [3.63, 3.8) is 0 Å². The molecular formula is C11H24O2. The van der Waals surface area contributed by atoms with Crippen molar-refractivity contribution in [3.8, 4) is 0 Å². The quantitative estimate of drug-likeness (QED) is 0.649. The Morgan fingerprint density at radius 1 is 1.15 bits per heavy atom. The van der Waals surface area contributed by atoms with Crippen molar-refractivity contribution in [2.45, 2.75) is 46.6 Å². The predicted molar refractivity (Wildman–Crippen MR) is 55.7 cm³/mol. The minimum atomic E-state index is -0.671. The summed E-state index contributed by atoms with van der Waals surface area (Å²) in [5.41, 5.74) is -0.671. The second-order valence-corrected chi connectivity index (χ2v) is 4.35. The molecular weight excluding hydrogens is 164 g/mol. The van der Waals surface area contributed by atoms with Gasteiger partial charge < -0.3 is 9.84 Å². The number of aliphatic hydroxyl groups is 1. The lowest BCUT2D eigenvalue weighted by atomic mass is 9.81. The highest BCUT2D eigenvalue weighted by atomic mass is 16.5. The first-order chi connectivity index (χ1) is 5.95. The van der Waals surface area contributed by atoms with Crippen molar-refractivity contribution in [1.82, 2.24) is 0 Å². The highest BCUT2D eigenvalue weighted by molar-refractivity contribution is 4.84. The molecule has 0 radical (unpaired) electrons. The summed E-state index contributed by atoms with van der Waals surface area (Å²) in [5, 5.41) is 10.3. The van der Waals surface area contributed by atoms with Crippen LogP contribution in [0.5, 0.6) is 0 Å². The lowest BCUT2D eigenvalue weighted by molar-refractivity contribution is -0.106. The molecule has 0 bridgehead atoms. The molecule has 0 aromatic carbocycles. The molecule has 0 saturated carbocycles. The van der Waals surface area contributed by atoms with Crippen LogP contribution >= 0.6 is 0 Å². The van der Waals surface area contributed by atoms with Gasteiger partial charge in [0.1, 0.15) is 0 Å². The summed E-state index contributed by atoms with van der Waals surface area (Å²) >= 11 is 0. The Kier molecular flexibility index (Phi) is 5.57. The topological polar surface area (TPSA) is 29.5 Å². The van der Waals surface area contributed by atoms with E-state index in [0.717, 1.165) is 13.0 Å². The van der Waals surface area contributed by atoms with Crippen LogP contribution in [0.2, 0.25) is 0 Å². The third-order valence-electron chi connectivity index (χ3n) is 2.68. The molecule has 0 unspecified atom stereocenters. The van der Waals surface area contributed by atoms with E-state index in [-0.39, 0.29) is 11.8 Å². The standard InChI is InChI=1S/C11H24O2/c1-6-7-13-8-11(12,9(2)3)10(4)5/h9-10,12H,6-8H2,1-5H3. The van der Waals surface area contributed by atoms with Crippen LogP contribution in [0.1, 0.15) is 41.0 Å². The molecule has 2 heteroatoms. The summed E-state index contributed by atoms with van der Waals surface area (Å²) in [4.78, 5) is 0. The van der Waals surface area contributed by atoms with Crippen LogP contribution in [-0.4, -0.2) is 23.9 Å². The molecule has 0 aliphatic carbocycles. The zero-order valence-corrected chi connectivity index (χ0v) is 9.63. The van der Waals surface area contributed by atoms with E-state index in [0.29, 0.717) is 6.61 Å². The van der Waals surface area contributed by atoms with Gasteiger partial charge in [-0.25, -0.2) is 0 Å². The van der Waals surface area contributed by atoms with Crippen LogP contribution in [0.25, 0.3) is 0 Å². The maximum absolute atomic E-state index is 10.3. The molecule has 13 heavy (non-hydrogen) atoms. The van der Waals surface area contributed by atoms with Crippen molar-refractivity contribution in [2.75, 3.05) is 13.2 Å². The van der Waals surface area contributed by atoms with Gasteiger partial charge in [0, 0.05) is 6.61 Å². The Balaban J connectivity index is 4.09. The van der Waals surface area contributed by atoms with Crippen molar-refractivity contribution < 1.29 is 9.84 Å². The first-order valence-electron chi connectivity index (χ1n) is 5.25. The first-order valence-corrected chi connectivity index (χ1v) is 5.25. The zero-order valence-electron chi connectivity index (χ0n) is 9.63. The third-order valence-corrected chi connectivity index (χ3v) is 2.68. The Bertz CT molecular complexity index is 122. The molecule has 0 spiro atoms. The van der Waals surface area contributed by atoms with Gasteiger partial charge in [-0.3, -0.25) is 0 Å². The highest BCUT2D eigenvalue weighted by Crippen LogP contribution is 2.26. The van der Waals surface area contributed by atoms with Crippen LogP contribution in [0.15, 0.2) is 0 Å². The average Bonchev–Trinajstić information content (AvgIpc) is 2.03. The van der Waals surface area contributed by atoms with E-state index in [1.165, 1.54) is 0 Å². The van der Waals surface area contributed by atoms with Gasteiger partial charge in [0.15, 0.2) is 0 Å². The molecule has 0 amide bonds. The minimum Gasteiger partial charge on any atom is -0.387 e. The number of hydrogen-bond acceptors (Lipinski definition) is 2. The molecule has 0 aliphatic rings. The minimum absolute atomic E-state index is 0.240. The van der Waals surface area contributed by atoms with E-state index in [1.54, 1.807) is 0 Å². The zero-order chi connectivity index (χ0) is 10.5. The number of ether oxygens (including phenoxy) is 1. The summed E-state index contributed by atoms with van der Waals surface area (Å²) in [6.07, 6.45) is 1.01. The maximum Gasteiger partial charge on any atom is 0.0925 e. The van der Waals surface area contributed by atoms with E-state index in [2.05, 4.69) is 6.92 Å². The van der Waals surface area contributed by atoms with Gasteiger partial charge in [-0.05, 0) is 18.3 Å². The summed E-state index contributed by atoms with van der Waals surface area (Å²) in [6, 6.07) is 0. The molecule has 0 heterocycles. The molecule has 0 saturated heterocycles. The normalized spacial score (nSPS) is 12.9. The molecule has 0 aliphatic heterocycles. The Morgan fingerprint density at radius 3 is 1.92 bits per heavy atom. The van der Waals surface area contributed by atoms with E-state index in [9.17, 15) is 5.11 Å². The van der Waals surface area contributed by atoms with Gasteiger partial charge in [-0.15, -0.1) is 0 Å². The lowest BCUT2D eigenvalue weighted by Crippen LogP contribution is -2.45. The van der Waals surface area contributed by atoms with Gasteiger partial charge in [0.05, 0.1) is 12.2 Å². The van der Waals surface area contributed by atoms with Crippen LogP contribution in [-0.2, 0) is 4.74 Å². The summed E-state index contributed by atoms with van der Waals surface area (Å²) in [6.45, 7) is 11.4. The number of rotatable bonds is 6. The van der Waals surface area contributed by atoms with Crippen LogP contribution in [0.3, 0.4) is 0 Å². The highest BCUT2D eigenvalue weighted by Gasteiger charge is 2.34. The SMILES string of the molecule is CCCOCC(O)(C(C)C)C(C)C. The van der Waals surface area contributed by atoms with Gasteiger partial charge >= 0.3 is 0 Å². The summed E-state index contributed by atoms with van der Waals surface area (Å²) in [7, 11) is 0. The fourth-order valence-electron chi connectivity index (χ4n) is 1.38. The molecule has 0 aromatic heterocycles. The monoisotopic (exact) mass is 188 g/mol. The predicted octanol–water partition coefficient (Wildman–Crippen LogP) is 2.46. The Hall–Kier alpha value is -0.0800. The molecule has 1 N–H and O–H groups in total. The van der Waals surface area contributed by atoms with Gasteiger partial charge in [0.25, 0.3) is 0 Å². The van der Waals surface area contributed by atoms with Crippen molar-refractivity contribution in [1.29, 1.82) is 0 Å². The van der Waals surface area contributed by atoms with E-state index in [4.69, 9.17) is 4.74 Å². The smallest absolute Gasteiger partial charge is 0.0925 e. The first kappa shape index (κ1) is 12.9. The molecule has 0 aromatic rings. The maximum atomic E-state index is 10.3. The number of hydrogen-bond donors (Lipinski definition) is 1. The molecule has 2 nitrogen and oxygen atoms in total. The molecule has 80 valence electrons. The molecule has 0 fully saturated rings. The molecule has 0 rings (SSSR count). The van der Waals surface area contributed by atoms with Crippen molar-refractivity contribution in [3.05, 3.63) is 0 Å². The third kappa shape index (κ3) is 3.65. The Morgan fingerprint density at radius 2 is 1.62 bits per heavy atom. The second kappa shape index (κ2) is 5.61. The van der Waals surface area contributed by atoms with Crippen molar-refractivity contribution in [2.24, 2.45) is 11.8 Å². The van der Waals surface area contributed by atoms with Crippen LogP contribution in [0, 0.1) is 11.8 Å². The fraction of sp³-hybridized carbons (Fsp3) is 1.00. The van der Waals surface area contributed by atoms with E-state index in [1.807, 2.05) is 27.7 Å². The lowest BCUT2D eigenvalue weighted by Gasteiger charge is -2.35. The largest absolute Gasteiger partial charge is 0.387 e. The van der Waals surface area contributed by atoms with Gasteiger partial charge in [-0.2, -0.15) is 0 Å². The fourth-order valence-corrected chi connectivity index (χ4v) is 1.38. The van der Waals surface area contributed by atoms with Crippen LogP contribution in [0.4, 0.5) is 0 Å². The van der Waals surface area contributed by atoms with E-state index >= 15 is 0 Å². The van der Waals surface area contributed by atoms with Gasteiger partial charge in [0.2, 0.25) is 0 Å². The van der Waals surface area contributed by atoms with E-state index < -0.39 is 5.60 Å². The van der Waals surface area contributed by atoms with Crippen molar-refractivity contribution >= 4 is 0 Å². The van der Waals surface area contributed by atoms with Gasteiger partial charge in [-0.1, -0.05) is 34.6 Å². The second-order valence-electron chi connectivity index (χ2n) is 4.35. The average molecular weight is 188 g/mol.